The highest BCUT2D eigenvalue weighted by atomic mass is 19.1. The summed E-state index contributed by atoms with van der Waals surface area (Å²) in [5, 5.41) is 3.98. The molecule has 0 aliphatic heterocycles. The van der Waals surface area contributed by atoms with Crippen LogP contribution >= 0.6 is 0 Å². The van der Waals surface area contributed by atoms with Crippen molar-refractivity contribution in [3.05, 3.63) is 47.8 Å². The minimum atomic E-state index is -0.546. The van der Waals surface area contributed by atoms with Crippen molar-refractivity contribution in [3.8, 4) is 0 Å². The zero-order chi connectivity index (χ0) is 13.0. The molecule has 0 saturated heterocycles. The first-order chi connectivity index (χ1) is 8.69. The largest absolute Gasteiger partial charge is 0.460 e. The Bertz CT molecular complexity index is 537. The second-order valence-electron chi connectivity index (χ2n) is 3.61. The van der Waals surface area contributed by atoms with Crippen LogP contribution in [0.4, 0.5) is 4.39 Å². The van der Waals surface area contributed by atoms with Crippen LogP contribution in [0.15, 0.2) is 30.6 Å². The molecule has 0 amide bonds. The summed E-state index contributed by atoms with van der Waals surface area (Å²) in [7, 11) is 0. The van der Waals surface area contributed by atoms with Crippen LogP contribution in [0.25, 0.3) is 0 Å². The van der Waals surface area contributed by atoms with Crippen LogP contribution in [-0.2, 0) is 11.3 Å². The Kier molecular flexibility index (Phi) is 3.66. The van der Waals surface area contributed by atoms with Gasteiger partial charge in [0.2, 0.25) is 0 Å². The van der Waals surface area contributed by atoms with E-state index in [9.17, 15) is 9.18 Å². The third kappa shape index (κ3) is 2.91. The molecule has 0 spiro atoms. The van der Waals surface area contributed by atoms with E-state index in [2.05, 4.69) is 10.1 Å². The number of hydrogen-bond donors (Lipinski definition) is 0. The van der Waals surface area contributed by atoms with Crippen LogP contribution in [-0.4, -0.2) is 27.3 Å². The lowest BCUT2D eigenvalue weighted by Gasteiger charge is -2.00. The highest BCUT2D eigenvalue weighted by molar-refractivity contribution is 5.84. The normalized spacial score (nSPS) is 10.3. The second-order valence-corrected chi connectivity index (χ2v) is 3.61. The minimum absolute atomic E-state index is 0.0268. The fourth-order valence-electron chi connectivity index (χ4n) is 1.44. The summed E-state index contributed by atoms with van der Waals surface area (Å²) in [5.74, 6) is -0.807. The van der Waals surface area contributed by atoms with Crippen LogP contribution in [0, 0.1) is 5.82 Å². The fourth-order valence-corrected chi connectivity index (χ4v) is 1.44. The van der Waals surface area contributed by atoms with E-state index >= 15 is 0 Å². The molecule has 0 aliphatic rings. The first kappa shape index (κ1) is 12.2. The predicted molar refractivity (Wildman–Crippen MR) is 61.5 cm³/mol. The molecule has 2 rings (SSSR count). The molecule has 0 unspecified atom stereocenters. The molecule has 1 aromatic heterocycles. The van der Waals surface area contributed by atoms with Crippen molar-refractivity contribution in [3.63, 3.8) is 0 Å². The van der Waals surface area contributed by atoms with Crippen molar-refractivity contribution < 1.29 is 13.9 Å². The number of benzene rings is 1. The maximum absolute atomic E-state index is 12.7. The third-order valence-corrected chi connectivity index (χ3v) is 2.25. The van der Waals surface area contributed by atoms with Gasteiger partial charge in [0.05, 0.1) is 13.2 Å². The zero-order valence-corrected chi connectivity index (χ0v) is 9.84. The van der Waals surface area contributed by atoms with Crippen LogP contribution in [0.5, 0.6) is 0 Å². The van der Waals surface area contributed by atoms with E-state index in [0.29, 0.717) is 6.54 Å². The summed E-state index contributed by atoms with van der Waals surface area (Å²) in [4.78, 5) is 15.2. The predicted octanol–water partition coefficient (Wildman–Crippen LogP) is 1.64. The summed E-state index contributed by atoms with van der Waals surface area (Å²) >= 11 is 0. The van der Waals surface area contributed by atoms with Crippen molar-refractivity contribution in [2.45, 2.75) is 13.5 Å². The van der Waals surface area contributed by atoms with Gasteiger partial charge in [-0.15, -0.1) is 5.10 Å². The molecule has 2 aromatic rings. The zero-order valence-electron chi connectivity index (χ0n) is 9.84. The topological polar surface area (TPSA) is 57.0 Å². The molecule has 0 saturated carbocycles. The van der Waals surface area contributed by atoms with E-state index in [1.54, 1.807) is 19.1 Å². The smallest absolute Gasteiger partial charge is 0.378 e. The third-order valence-electron chi connectivity index (χ3n) is 2.25. The Balaban J connectivity index is 2.06. The molecule has 0 radical (unpaired) electrons. The number of carbonyl (C=O) groups excluding carboxylic acids is 1. The van der Waals surface area contributed by atoms with Gasteiger partial charge in [0.25, 0.3) is 5.82 Å². The molecule has 0 N–H and O–H groups in total. The van der Waals surface area contributed by atoms with Crippen molar-refractivity contribution in [2.75, 3.05) is 6.61 Å². The number of esters is 1. The Hall–Kier alpha value is -2.24. The van der Waals surface area contributed by atoms with E-state index in [-0.39, 0.29) is 18.2 Å². The maximum Gasteiger partial charge on any atom is 0.378 e. The van der Waals surface area contributed by atoms with Crippen molar-refractivity contribution >= 4 is 5.97 Å². The molecular formula is C12H12FN3O2. The van der Waals surface area contributed by atoms with Gasteiger partial charge in [0, 0.05) is 0 Å². The SMILES string of the molecule is CCOC(=O)c1ncn(Cc2ccc(F)cc2)n1. The number of carbonyl (C=O) groups is 1. The van der Waals surface area contributed by atoms with Gasteiger partial charge >= 0.3 is 5.97 Å². The van der Waals surface area contributed by atoms with Gasteiger partial charge in [-0.2, -0.15) is 0 Å². The van der Waals surface area contributed by atoms with Crippen LogP contribution in [0.2, 0.25) is 0 Å². The Morgan fingerprint density at radius 2 is 2.11 bits per heavy atom. The van der Waals surface area contributed by atoms with E-state index in [1.807, 2.05) is 0 Å². The van der Waals surface area contributed by atoms with Gasteiger partial charge in [0.1, 0.15) is 12.1 Å². The standard InChI is InChI=1S/C12H12FN3O2/c1-2-18-12(17)11-14-8-16(15-11)7-9-3-5-10(13)6-4-9/h3-6,8H,2,7H2,1H3. The minimum Gasteiger partial charge on any atom is -0.460 e. The second kappa shape index (κ2) is 5.39. The molecule has 5 nitrogen and oxygen atoms in total. The van der Waals surface area contributed by atoms with Gasteiger partial charge in [-0.05, 0) is 24.6 Å². The van der Waals surface area contributed by atoms with Gasteiger partial charge < -0.3 is 4.74 Å². The van der Waals surface area contributed by atoms with E-state index in [1.165, 1.54) is 23.1 Å². The lowest BCUT2D eigenvalue weighted by atomic mass is 10.2. The molecule has 1 aromatic carbocycles. The molecule has 18 heavy (non-hydrogen) atoms. The van der Waals surface area contributed by atoms with Gasteiger partial charge in [-0.3, -0.25) is 0 Å². The summed E-state index contributed by atoms with van der Waals surface area (Å²) in [6.07, 6.45) is 1.44. The molecule has 0 aliphatic carbocycles. The van der Waals surface area contributed by atoms with Crippen LogP contribution in [0.1, 0.15) is 23.1 Å². The molecule has 0 fully saturated rings. The van der Waals surface area contributed by atoms with E-state index in [0.717, 1.165) is 5.56 Å². The fraction of sp³-hybridized carbons (Fsp3) is 0.250. The first-order valence-corrected chi connectivity index (χ1v) is 5.50. The lowest BCUT2D eigenvalue weighted by molar-refractivity contribution is 0.0512. The lowest BCUT2D eigenvalue weighted by Crippen LogP contribution is -2.08. The highest BCUT2D eigenvalue weighted by Gasteiger charge is 2.12. The molecule has 94 valence electrons. The molecule has 6 heteroatoms. The van der Waals surface area contributed by atoms with Gasteiger partial charge in [0.15, 0.2) is 0 Å². The number of halogens is 1. The van der Waals surface area contributed by atoms with Crippen molar-refractivity contribution in [1.82, 2.24) is 14.8 Å². The average molecular weight is 249 g/mol. The number of aromatic nitrogens is 3. The number of rotatable bonds is 4. The molecule has 0 bridgehead atoms. The Labute approximate surface area is 103 Å². The Morgan fingerprint density at radius 3 is 2.78 bits per heavy atom. The van der Waals surface area contributed by atoms with Gasteiger partial charge in [-0.1, -0.05) is 12.1 Å². The summed E-state index contributed by atoms with van der Waals surface area (Å²) in [6, 6.07) is 6.05. The van der Waals surface area contributed by atoms with Crippen LogP contribution < -0.4 is 0 Å². The molecule has 0 atom stereocenters. The summed E-state index contributed by atoms with van der Waals surface area (Å²) in [5.41, 5.74) is 0.872. The monoisotopic (exact) mass is 249 g/mol. The van der Waals surface area contributed by atoms with Crippen molar-refractivity contribution in [1.29, 1.82) is 0 Å². The number of nitrogens with zero attached hydrogens (tertiary/aromatic N) is 3. The average Bonchev–Trinajstić information content (AvgIpc) is 2.81. The molecule has 1 heterocycles. The quantitative estimate of drug-likeness (QED) is 0.773. The van der Waals surface area contributed by atoms with E-state index < -0.39 is 5.97 Å². The van der Waals surface area contributed by atoms with E-state index in [4.69, 9.17) is 4.74 Å². The van der Waals surface area contributed by atoms with Crippen LogP contribution in [0.3, 0.4) is 0 Å². The first-order valence-electron chi connectivity index (χ1n) is 5.50. The van der Waals surface area contributed by atoms with Gasteiger partial charge in [-0.25, -0.2) is 18.9 Å². The number of ether oxygens (including phenoxy) is 1. The maximum atomic E-state index is 12.7. The summed E-state index contributed by atoms with van der Waals surface area (Å²) < 4.78 is 19.0. The number of hydrogen-bond acceptors (Lipinski definition) is 4. The Morgan fingerprint density at radius 1 is 1.39 bits per heavy atom. The van der Waals surface area contributed by atoms with Crippen molar-refractivity contribution in [2.24, 2.45) is 0 Å². The highest BCUT2D eigenvalue weighted by Crippen LogP contribution is 2.04. The summed E-state index contributed by atoms with van der Waals surface area (Å²) in [6.45, 7) is 2.42. The molecular weight excluding hydrogens is 237 g/mol.